The van der Waals surface area contributed by atoms with Gasteiger partial charge in [0.15, 0.2) is 0 Å². The first-order valence-electron chi connectivity index (χ1n) is 7.73. The first-order valence-corrected chi connectivity index (χ1v) is 7.73. The van der Waals surface area contributed by atoms with Crippen molar-refractivity contribution in [1.29, 1.82) is 0 Å². The van der Waals surface area contributed by atoms with Crippen molar-refractivity contribution >= 4 is 0 Å². The maximum Gasteiger partial charge on any atom is 0.119 e. The van der Waals surface area contributed by atoms with Gasteiger partial charge >= 0.3 is 0 Å². The lowest BCUT2D eigenvalue weighted by Crippen LogP contribution is -1.89. The summed E-state index contributed by atoms with van der Waals surface area (Å²) in [5, 5.41) is 9.84. The third-order valence-corrected chi connectivity index (χ3v) is 2.55. The van der Waals surface area contributed by atoms with Gasteiger partial charge in [0.1, 0.15) is 5.75 Å². The Morgan fingerprint density at radius 2 is 1.71 bits per heavy atom. The van der Waals surface area contributed by atoms with Crippen molar-refractivity contribution < 1.29 is 5.11 Å². The number of phenols is 1. The van der Waals surface area contributed by atoms with Gasteiger partial charge in [-0.1, -0.05) is 70.2 Å². The third kappa shape index (κ3) is 10.7. The standard InChI is InChI=1S/C15H20O.C3H6.C2H6/c1-4-5-6-7-8-13-9-10-14(12(2)3)11-15(13)16;1-3-2;1-2/h4-7,9-12,16H,8H2,1-3H3;3H,1H2,2H3;1-2H3/b5-4-,7-6-;;. The predicted molar refractivity (Wildman–Crippen MR) is 97.1 cm³/mol. The van der Waals surface area contributed by atoms with Gasteiger partial charge in [-0.15, -0.1) is 6.58 Å². The van der Waals surface area contributed by atoms with Crippen LogP contribution >= 0.6 is 0 Å². The highest BCUT2D eigenvalue weighted by molar-refractivity contribution is 5.38. The molecule has 1 aromatic rings. The zero-order chi connectivity index (χ0) is 16.7. The molecule has 0 radical (unpaired) electrons. The molecule has 0 saturated carbocycles. The van der Waals surface area contributed by atoms with E-state index in [-0.39, 0.29) is 0 Å². The average molecular weight is 288 g/mol. The van der Waals surface area contributed by atoms with Crippen LogP contribution < -0.4 is 0 Å². The van der Waals surface area contributed by atoms with E-state index in [0.29, 0.717) is 11.7 Å². The summed E-state index contributed by atoms with van der Waals surface area (Å²) in [6.07, 6.45) is 10.5. The Bertz CT molecular complexity index is 425. The minimum atomic E-state index is 0.399. The first-order chi connectivity index (χ1) is 10.1. The molecule has 1 aromatic carbocycles. The number of hydrogen-bond acceptors (Lipinski definition) is 1. The van der Waals surface area contributed by atoms with Crippen molar-refractivity contribution in [1.82, 2.24) is 0 Å². The topological polar surface area (TPSA) is 20.2 Å². The van der Waals surface area contributed by atoms with Crippen molar-refractivity contribution in [3.8, 4) is 5.75 Å². The Morgan fingerprint density at radius 3 is 2.14 bits per heavy atom. The van der Waals surface area contributed by atoms with Crippen molar-refractivity contribution in [3.63, 3.8) is 0 Å². The molecule has 0 fully saturated rings. The lowest BCUT2D eigenvalue weighted by atomic mass is 10.00. The van der Waals surface area contributed by atoms with E-state index in [0.717, 1.165) is 12.0 Å². The minimum absolute atomic E-state index is 0.399. The summed E-state index contributed by atoms with van der Waals surface area (Å²) in [5.74, 6) is 0.856. The van der Waals surface area contributed by atoms with Crippen LogP contribution in [0.25, 0.3) is 0 Å². The molecule has 0 atom stereocenters. The summed E-state index contributed by atoms with van der Waals surface area (Å²) in [4.78, 5) is 0. The Morgan fingerprint density at radius 1 is 1.14 bits per heavy atom. The highest BCUT2D eigenvalue weighted by Crippen LogP contribution is 2.24. The number of phenolic OH excluding ortho intramolecular Hbond substituents is 1. The normalized spacial score (nSPS) is 10.0. The van der Waals surface area contributed by atoms with Crippen LogP contribution in [-0.2, 0) is 6.42 Å². The molecular weight excluding hydrogens is 256 g/mol. The number of allylic oxidation sites excluding steroid dienone is 5. The molecule has 0 aliphatic rings. The zero-order valence-electron chi connectivity index (χ0n) is 14.6. The van der Waals surface area contributed by atoms with Gasteiger partial charge in [-0.25, -0.2) is 0 Å². The van der Waals surface area contributed by atoms with Crippen LogP contribution in [0.15, 0.2) is 55.2 Å². The maximum atomic E-state index is 9.84. The van der Waals surface area contributed by atoms with Crippen LogP contribution in [0.2, 0.25) is 0 Å². The second-order valence-electron chi connectivity index (χ2n) is 4.61. The van der Waals surface area contributed by atoms with Crippen LogP contribution in [0.1, 0.15) is 58.6 Å². The van der Waals surface area contributed by atoms with E-state index in [2.05, 4.69) is 26.5 Å². The molecule has 0 unspecified atom stereocenters. The van der Waals surface area contributed by atoms with Gasteiger partial charge < -0.3 is 5.11 Å². The highest BCUT2D eigenvalue weighted by Gasteiger charge is 2.03. The molecule has 1 nitrogen and oxygen atoms in total. The largest absolute Gasteiger partial charge is 0.508 e. The third-order valence-electron chi connectivity index (χ3n) is 2.55. The summed E-state index contributed by atoms with van der Waals surface area (Å²) in [6, 6.07) is 5.96. The van der Waals surface area contributed by atoms with Gasteiger partial charge in [0.05, 0.1) is 0 Å². The van der Waals surface area contributed by atoms with Crippen molar-refractivity contribution in [2.45, 2.75) is 53.9 Å². The van der Waals surface area contributed by atoms with E-state index in [9.17, 15) is 5.11 Å². The fourth-order valence-electron chi connectivity index (χ4n) is 1.50. The Balaban J connectivity index is 0. The van der Waals surface area contributed by atoms with Crippen LogP contribution in [0, 0.1) is 0 Å². The molecule has 0 amide bonds. The van der Waals surface area contributed by atoms with Crippen molar-refractivity contribution in [2.75, 3.05) is 0 Å². The quantitative estimate of drug-likeness (QED) is 0.501. The van der Waals surface area contributed by atoms with E-state index in [4.69, 9.17) is 0 Å². The minimum Gasteiger partial charge on any atom is -0.508 e. The summed E-state index contributed by atoms with van der Waals surface area (Å²) in [6.45, 7) is 15.5. The van der Waals surface area contributed by atoms with Gasteiger partial charge in [-0.2, -0.15) is 0 Å². The fourth-order valence-corrected chi connectivity index (χ4v) is 1.50. The number of rotatable bonds is 4. The molecule has 118 valence electrons. The molecule has 1 rings (SSSR count). The second kappa shape index (κ2) is 14.6. The van der Waals surface area contributed by atoms with Crippen molar-refractivity contribution in [3.05, 3.63) is 66.3 Å². The number of benzene rings is 1. The SMILES string of the molecule is C/C=C\C=C/Cc1ccc(C(C)C)cc1O.C=CC.CC. The second-order valence-corrected chi connectivity index (χ2v) is 4.61. The van der Waals surface area contributed by atoms with Gasteiger partial charge in [0.2, 0.25) is 0 Å². The van der Waals surface area contributed by atoms with E-state index >= 15 is 0 Å². The number of aromatic hydroxyl groups is 1. The van der Waals surface area contributed by atoms with E-state index in [1.807, 2.05) is 64.1 Å². The summed E-state index contributed by atoms with van der Waals surface area (Å²) < 4.78 is 0. The van der Waals surface area contributed by atoms with Gasteiger partial charge in [0.25, 0.3) is 0 Å². The van der Waals surface area contributed by atoms with E-state index in [1.165, 1.54) is 5.56 Å². The maximum absolute atomic E-state index is 9.84. The molecule has 0 aliphatic heterocycles. The smallest absolute Gasteiger partial charge is 0.119 e. The molecular formula is C20H32O. The molecule has 1 heteroatoms. The van der Waals surface area contributed by atoms with Crippen molar-refractivity contribution in [2.24, 2.45) is 0 Å². The van der Waals surface area contributed by atoms with Crippen LogP contribution in [0.5, 0.6) is 5.75 Å². The van der Waals surface area contributed by atoms with Crippen LogP contribution in [0.3, 0.4) is 0 Å². The lowest BCUT2D eigenvalue weighted by Gasteiger charge is -2.08. The average Bonchev–Trinajstić information content (AvgIpc) is 2.47. The molecule has 0 spiro atoms. The van der Waals surface area contributed by atoms with Gasteiger partial charge in [0, 0.05) is 0 Å². The summed E-state index contributed by atoms with van der Waals surface area (Å²) >= 11 is 0. The molecule has 21 heavy (non-hydrogen) atoms. The van der Waals surface area contributed by atoms with Gasteiger partial charge in [-0.3, -0.25) is 0 Å². The molecule has 0 heterocycles. The van der Waals surface area contributed by atoms with Crippen LogP contribution in [0.4, 0.5) is 0 Å². The summed E-state index contributed by atoms with van der Waals surface area (Å²) in [7, 11) is 0. The Hall–Kier alpha value is -1.76. The van der Waals surface area contributed by atoms with E-state index in [1.54, 1.807) is 6.08 Å². The highest BCUT2D eigenvalue weighted by atomic mass is 16.3. The Labute approximate surface area is 131 Å². The molecule has 1 N–H and O–H groups in total. The van der Waals surface area contributed by atoms with Gasteiger partial charge in [-0.05, 0) is 43.4 Å². The fraction of sp³-hybridized carbons (Fsp3) is 0.400. The molecule has 0 aromatic heterocycles. The number of hydrogen-bond donors (Lipinski definition) is 1. The van der Waals surface area contributed by atoms with E-state index < -0.39 is 0 Å². The monoisotopic (exact) mass is 288 g/mol. The van der Waals surface area contributed by atoms with Crippen LogP contribution in [-0.4, -0.2) is 5.11 Å². The zero-order valence-corrected chi connectivity index (χ0v) is 14.6. The molecule has 0 aliphatic carbocycles. The molecule has 0 bridgehead atoms. The Kier molecular flexibility index (Phi) is 15.0. The predicted octanol–water partition coefficient (Wildman–Crippen LogP) is 6.41. The first kappa shape index (κ1) is 21.5. The lowest BCUT2D eigenvalue weighted by molar-refractivity contribution is 0.468. The summed E-state index contributed by atoms with van der Waals surface area (Å²) in [5.41, 5.74) is 2.16. The molecule has 0 saturated heterocycles.